The van der Waals surface area contributed by atoms with Crippen LogP contribution in [0.15, 0.2) is 18.2 Å². The molecule has 1 rings (SSSR count). The highest BCUT2D eigenvalue weighted by atomic mass is 19.1. The van der Waals surface area contributed by atoms with Crippen molar-refractivity contribution in [1.29, 1.82) is 0 Å². The number of non-ortho nitro benzene ring substituents is 1. The normalized spacial score (nSPS) is 11.7. The Morgan fingerprint density at radius 1 is 1.48 bits per heavy atom. The molecule has 1 aromatic rings. The molecule has 0 heterocycles. The number of halogens is 1. The van der Waals surface area contributed by atoms with Crippen LogP contribution in [-0.2, 0) is 4.79 Å². The number of hydrogen-bond acceptors (Lipinski definition) is 4. The van der Waals surface area contributed by atoms with E-state index in [0.717, 1.165) is 12.1 Å². The van der Waals surface area contributed by atoms with Gasteiger partial charge >= 0.3 is 5.97 Å². The minimum atomic E-state index is -0.972. The summed E-state index contributed by atoms with van der Waals surface area (Å²) in [6.07, 6.45) is 0.376. The lowest BCUT2D eigenvalue weighted by Crippen LogP contribution is -2.29. The SMILES string of the molecule is CC(CCC(=O)O)CNC(=O)c1ccc([N+](=O)[O-])cc1F. The summed E-state index contributed by atoms with van der Waals surface area (Å²) < 4.78 is 13.6. The van der Waals surface area contributed by atoms with Gasteiger partial charge in [0.25, 0.3) is 11.6 Å². The fourth-order valence-electron chi connectivity index (χ4n) is 1.64. The number of nitrogens with one attached hydrogen (secondary N) is 1. The molecule has 0 radical (unpaired) electrons. The van der Waals surface area contributed by atoms with Crippen molar-refractivity contribution >= 4 is 17.6 Å². The van der Waals surface area contributed by atoms with Crippen molar-refractivity contribution in [2.24, 2.45) is 5.92 Å². The van der Waals surface area contributed by atoms with Crippen LogP contribution in [-0.4, -0.2) is 28.5 Å². The summed E-state index contributed by atoms with van der Waals surface area (Å²) in [4.78, 5) is 31.9. The van der Waals surface area contributed by atoms with E-state index in [1.165, 1.54) is 0 Å². The second kappa shape index (κ2) is 7.32. The molecule has 0 bridgehead atoms. The predicted octanol–water partition coefficient (Wildman–Crippen LogP) is 1.96. The average molecular weight is 298 g/mol. The monoisotopic (exact) mass is 298 g/mol. The summed E-state index contributed by atoms with van der Waals surface area (Å²) in [5.74, 6) is -2.66. The Labute approximate surface area is 119 Å². The number of hydrogen-bond donors (Lipinski definition) is 2. The molecule has 0 saturated heterocycles. The van der Waals surface area contributed by atoms with E-state index in [0.29, 0.717) is 12.5 Å². The van der Waals surface area contributed by atoms with E-state index in [4.69, 9.17) is 5.11 Å². The van der Waals surface area contributed by atoms with Gasteiger partial charge in [-0.25, -0.2) is 4.39 Å². The Morgan fingerprint density at radius 3 is 2.67 bits per heavy atom. The molecule has 8 heteroatoms. The van der Waals surface area contributed by atoms with Crippen LogP contribution in [0.25, 0.3) is 0 Å². The van der Waals surface area contributed by atoms with Crippen LogP contribution in [0.3, 0.4) is 0 Å². The predicted molar refractivity (Wildman–Crippen MR) is 71.4 cm³/mol. The average Bonchev–Trinajstić information content (AvgIpc) is 2.42. The molecular weight excluding hydrogens is 283 g/mol. The van der Waals surface area contributed by atoms with Gasteiger partial charge in [-0.15, -0.1) is 0 Å². The van der Waals surface area contributed by atoms with E-state index in [-0.39, 0.29) is 24.4 Å². The Morgan fingerprint density at radius 2 is 2.14 bits per heavy atom. The van der Waals surface area contributed by atoms with Gasteiger partial charge in [0, 0.05) is 19.0 Å². The number of amides is 1. The van der Waals surface area contributed by atoms with Gasteiger partial charge in [0.1, 0.15) is 5.82 Å². The maximum Gasteiger partial charge on any atom is 0.303 e. The van der Waals surface area contributed by atoms with Crippen molar-refractivity contribution in [3.63, 3.8) is 0 Å². The van der Waals surface area contributed by atoms with Gasteiger partial charge in [-0.1, -0.05) is 6.92 Å². The zero-order chi connectivity index (χ0) is 16.0. The third-order valence-electron chi connectivity index (χ3n) is 2.87. The van der Waals surface area contributed by atoms with Crippen molar-refractivity contribution < 1.29 is 24.0 Å². The molecule has 0 aliphatic rings. The fraction of sp³-hybridized carbons (Fsp3) is 0.385. The van der Waals surface area contributed by atoms with Crippen molar-refractivity contribution in [3.8, 4) is 0 Å². The van der Waals surface area contributed by atoms with Gasteiger partial charge in [0.15, 0.2) is 0 Å². The molecule has 7 nitrogen and oxygen atoms in total. The molecule has 0 aromatic heterocycles. The highest BCUT2D eigenvalue weighted by Crippen LogP contribution is 2.16. The smallest absolute Gasteiger partial charge is 0.303 e. The first-order chi connectivity index (χ1) is 9.81. The Hall–Kier alpha value is -2.51. The molecule has 0 spiro atoms. The number of nitro benzene ring substituents is 1. The lowest BCUT2D eigenvalue weighted by molar-refractivity contribution is -0.385. The molecule has 114 valence electrons. The number of nitro groups is 1. The molecule has 1 unspecified atom stereocenters. The zero-order valence-electron chi connectivity index (χ0n) is 11.3. The number of benzene rings is 1. The van der Waals surface area contributed by atoms with Crippen LogP contribution < -0.4 is 5.32 Å². The largest absolute Gasteiger partial charge is 0.481 e. The quantitative estimate of drug-likeness (QED) is 0.590. The number of nitrogens with zero attached hydrogens (tertiary/aromatic N) is 1. The molecule has 21 heavy (non-hydrogen) atoms. The van der Waals surface area contributed by atoms with Crippen LogP contribution in [0.5, 0.6) is 0 Å². The number of carbonyl (C=O) groups is 2. The molecular formula is C13H15FN2O5. The van der Waals surface area contributed by atoms with Crippen molar-refractivity contribution in [3.05, 3.63) is 39.7 Å². The standard InChI is InChI=1S/C13H15FN2O5/c1-8(2-5-12(17)18)7-15-13(19)10-4-3-9(16(20)21)6-11(10)14/h3-4,6,8H,2,5,7H2,1H3,(H,15,19)(H,17,18). The molecule has 2 N–H and O–H groups in total. The lowest BCUT2D eigenvalue weighted by atomic mass is 10.1. The lowest BCUT2D eigenvalue weighted by Gasteiger charge is -2.11. The summed E-state index contributed by atoms with van der Waals surface area (Å²) in [5, 5.41) is 21.5. The van der Waals surface area contributed by atoms with E-state index in [1.54, 1.807) is 6.92 Å². The van der Waals surface area contributed by atoms with Gasteiger partial charge in [0.05, 0.1) is 16.6 Å². The van der Waals surface area contributed by atoms with Crippen molar-refractivity contribution in [2.45, 2.75) is 19.8 Å². The van der Waals surface area contributed by atoms with E-state index < -0.39 is 28.3 Å². The highest BCUT2D eigenvalue weighted by molar-refractivity contribution is 5.94. The highest BCUT2D eigenvalue weighted by Gasteiger charge is 2.16. The molecule has 0 saturated carbocycles. The summed E-state index contributed by atoms with van der Waals surface area (Å²) >= 11 is 0. The number of carboxylic acids is 1. The molecule has 0 aliphatic heterocycles. The van der Waals surface area contributed by atoms with E-state index >= 15 is 0 Å². The molecule has 0 aliphatic carbocycles. The minimum Gasteiger partial charge on any atom is -0.481 e. The van der Waals surface area contributed by atoms with Crippen molar-refractivity contribution in [2.75, 3.05) is 6.54 Å². The summed E-state index contributed by atoms with van der Waals surface area (Å²) in [5.41, 5.74) is -0.718. The maximum absolute atomic E-state index is 13.6. The van der Waals surface area contributed by atoms with Crippen LogP contribution in [0.1, 0.15) is 30.1 Å². The third kappa shape index (κ3) is 5.17. The summed E-state index contributed by atoms with van der Waals surface area (Å²) in [6, 6.07) is 2.78. The van der Waals surface area contributed by atoms with Gasteiger partial charge in [0.2, 0.25) is 0 Å². The van der Waals surface area contributed by atoms with Crippen LogP contribution in [0, 0.1) is 21.8 Å². The molecule has 1 amide bonds. The third-order valence-corrected chi connectivity index (χ3v) is 2.87. The molecule has 1 aromatic carbocycles. The first-order valence-corrected chi connectivity index (χ1v) is 6.25. The van der Waals surface area contributed by atoms with Crippen LogP contribution in [0.2, 0.25) is 0 Å². The Balaban J connectivity index is 2.60. The van der Waals surface area contributed by atoms with Gasteiger partial charge in [-0.2, -0.15) is 0 Å². The van der Waals surface area contributed by atoms with Gasteiger partial charge in [-0.05, 0) is 18.4 Å². The molecule has 1 atom stereocenters. The first kappa shape index (κ1) is 16.5. The number of aliphatic carboxylic acids is 1. The van der Waals surface area contributed by atoms with Crippen molar-refractivity contribution in [1.82, 2.24) is 5.32 Å². The maximum atomic E-state index is 13.6. The Kier molecular flexibility index (Phi) is 5.77. The number of carboxylic acid groups (broad SMARTS) is 1. The Bertz CT molecular complexity index is 561. The first-order valence-electron chi connectivity index (χ1n) is 6.25. The second-order valence-corrected chi connectivity index (χ2v) is 4.67. The summed E-state index contributed by atoms with van der Waals surface area (Å²) in [7, 11) is 0. The van der Waals surface area contributed by atoms with E-state index in [1.807, 2.05) is 0 Å². The number of carbonyl (C=O) groups excluding carboxylic acids is 1. The number of rotatable bonds is 7. The van der Waals surface area contributed by atoms with E-state index in [2.05, 4.69) is 5.32 Å². The molecule has 0 fully saturated rings. The zero-order valence-corrected chi connectivity index (χ0v) is 11.3. The van der Waals surface area contributed by atoms with E-state index in [9.17, 15) is 24.1 Å². The second-order valence-electron chi connectivity index (χ2n) is 4.67. The minimum absolute atomic E-state index is 0.0110. The van der Waals surface area contributed by atoms with Gasteiger partial charge in [-0.3, -0.25) is 19.7 Å². The van der Waals surface area contributed by atoms with Gasteiger partial charge < -0.3 is 10.4 Å². The topological polar surface area (TPSA) is 110 Å². The van der Waals surface area contributed by atoms with Crippen LogP contribution in [0.4, 0.5) is 10.1 Å². The summed E-state index contributed by atoms with van der Waals surface area (Å²) in [6.45, 7) is 1.96. The fourth-order valence-corrected chi connectivity index (χ4v) is 1.64. The van der Waals surface area contributed by atoms with Crippen LogP contribution >= 0.6 is 0 Å².